The zero-order chi connectivity index (χ0) is 60.0. The molecule has 2 aromatic carbocycles. The van der Waals surface area contributed by atoms with Crippen molar-refractivity contribution in [3.8, 4) is 11.5 Å². The van der Waals surface area contributed by atoms with Crippen LogP contribution in [-0.2, 0) is 56.2 Å². The Bertz CT molecular complexity index is 3280. The molecular formula is C48H64N12O19P2. The number of azide groups is 2. The Hall–Kier alpha value is -7.39. The van der Waals surface area contributed by atoms with Crippen molar-refractivity contribution in [2.24, 2.45) is 16.1 Å². The van der Waals surface area contributed by atoms with Gasteiger partial charge in [-0.25, -0.2) is 18.7 Å². The maximum atomic E-state index is 14.0. The number of hydrogen-bond donors (Lipinski definition) is 5. The highest BCUT2D eigenvalue weighted by Crippen LogP contribution is 2.50. The molecule has 12 atom stereocenters. The summed E-state index contributed by atoms with van der Waals surface area (Å²) in [7, 11) is -8.68. The molecule has 0 saturated carbocycles. The number of hydrogen-bond acceptors (Lipinski definition) is 21. The summed E-state index contributed by atoms with van der Waals surface area (Å²) < 4.78 is 80.0. The van der Waals surface area contributed by atoms with Crippen molar-refractivity contribution >= 4 is 33.4 Å². The highest BCUT2D eigenvalue weighted by Gasteiger charge is 2.58. The molecule has 6 rings (SSSR count). The number of benzene rings is 2. The number of para-hydroxylation sites is 2. The number of nitrogens with zero attached hydrogens (tertiary/aromatic N) is 8. The number of carbonyl (C=O) groups excluding carboxylic acids is 3. The number of ether oxygens (including phenoxy) is 5. The average Bonchev–Trinajstić information content (AvgIpc) is 3.83. The van der Waals surface area contributed by atoms with E-state index in [4.69, 9.17) is 47.3 Å². The molecule has 0 radical (unpaired) electrons. The van der Waals surface area contributed by atoms with E-state index in [0.29, 0.717) is 0 Å². The molecule has 0 spiro atoms. The number of aliphatic hydroxyl groups excluding tert-OH is 1. The number of nitrogens with one attached hydrogen (secondary N) is 4. The molecule has 81 heavy (non-hydrogen) atoms. The van der Waals surface area contributed by atoms with Crippen molar-refractivity contribution in [1.82, 2.24) is 29.3 Å². The molecule has 2 saturated heterocycles. The van der Waals surface area contributed by atoms with Gasteiger partial charge >= 0.3 is 44.8 Å². The first-order valence-corrected chi connectivity index (χ1v) is 28.1. The third-order valence-electron chi connectivity index (χ3n) is 11.8. The Kier molecular flexibility index (Phi) is 22.2. The monoisotopic (exact) mass is 1170 g/mol. The molecule has 2 aliphatic heterocycles. The molecule has 5 N–H and O–H groups in total. The molecule has 0 amide bonds. The Morgan fingerprint density at radius 3 is 1.44 bits per heavy atom. The van der Waals surface area contributed by atoms with Gasteiger partial charge in [-0.15, -0.1) is 0 Å². The maximum absolute atomic E-state index is 14.0. The fraction of sp³-hybridized carbons (Fsp3) is 0.521. The number of aliphatic hydroxyl groups is 1. The average molecular weight is 1180 g/mol. The summed E-state index contributed by atoms with van der Waals surface area (Å²) >= 11 is 0. The lowest BCUT2D eigenvalue weighted by atomic mass is 9.92. The smallest absolute Gasteiger partial charge is 0.459 e. The van der Waals surface area contributed by atoms with Crippen LogP contribution >= 0.6 is 15.5 Å². The fourth-order valence-electron chi connectivity index (χ4n) is 7.84. The van der Waals surface area contributed by atoms with E-state index in [1.54, 1.807) is 77.9 Å². The van der Waals surface area contributed by atoms with Gasteiger partial charge in [-0.1, -0.05) is 60.5 Å². The largest absolute Gasteiger partial charge is 0.462 e. The van der Waals surface area contributed by atoms with E-state index in [1.165, 1.54) is 52.0 Å². The first kappa shape index (κ1) is 64.4. The summed E-state index contributed by atoms with van der Waals surface area (Å²) in [5, 5.41) is 23.5. The fourth-order valence-corrected chi connectivity index (χ4v) is 10.8. The van der Waals surface area contributed by atoms with E-state index in [2.05, 4.69) is 40.2 Å². The molecule has 31 nitrogen and oxygen atoms in total. The van der Waals surface area contributed by atoms with Crippen molar-refractivity contribution in [1.29, 1.82) is 0 Å². The van der Waals surface area contributed by atoms with Gasteiger partial charge in [0.15, 0.2) is 12.5 Å². The minimum atomic E-state index is -4.38. The zero-order valence-corrected chi connectivity index (χ0v) is 47.4. The van der Waals surface area contributed by atoms with Gasteiger partial charge in [0.2, 0.25) is 0 Å². The van der Waals surface area contributed by atoms with E-state index in [-0.39, 0.29) is 11.5 Å². The Balaban J connectivity index is 0.000000300. The number of carbonyl (C=O) groups is 3. The maximum Gasteiger partial charge on any atom is 0.459 e. The zero-order valence-electron chi connectivity index (χ0n) is 45.6. The first-order chi connectivity index (χ1) is 38.1. The second-order valence-corrected chi connectivity index (χ2v) is 22.8. The lowest BCUT2D eigenvalue weighted by Crippen LogP contribution is -2.48. The predicted octanol–water partition coefficient (Wildman–Crippen LogP) is 5.20. The minimum Gasteiger partial charge on any atom is -0.462 e. The number of aromatic amines is 2. The standard InChI is InChI=1S/C26H35N6O10P.C22H29N6O9P/c1-15(2)22(34)41-21-19(40-24(26(21,6)30-31-27)32-13-12-20(33)28-25(32)36)14-38-43(37,42-18-10-8-7-9-11-18)29-17(5)23(35)39-16(3)4;1-13(2)35-19(31)14(3)25-38(33,37-15-8-6-5-7-9-15)34-12-16-18(30)22(4,26-27-23)20(36-16)28-11-10-17(29)24-21(28)32/h7-13,15-17,19,21,24H,14H2,1-6H3,(H,29,37)(H,28,33,36);5-11,13-14,16,18,20,30H,12H2,1-4H3,(H,25,33)(H,24,29,32)/t17-,19+,21+,24+,26+,43?;14-,16+,18+,20+,22+,38?/m00/s1. The molecular weight excluding hydrogens is 1110 g/mol. The van der Waals surface area contributed by atoms with Gasteiger partial charge in [-0.3, -0.25) is 52.1 Å². The van der Waals surface area contributed by atoms with Crippen molar-refractivity contribution in [3.05, 3.63) is 148 Å². The molecule has 0 aliphatic carbocycles. The summed E-state index contributed by atoms with van der Waals surface area (Å²) in [6.45, 7) is 14.2. The van der Waals surface area contributed by atoms with Crippen LogP contribution in [0.2, 0.25) is 0 Å². The molecule has 4 heterocycles. The number of aromatic nitrogens is 4. The highest BCUT2D eigenvalue weighted by molar-refractivity contribution is 7.52. The van der Waals surface area contributed by atoms with Crippen molar-refractivity contribution in [2.45, 2.75) is 141 Å². The van der Waals surface area contributed by atoms with Crippen LogP contribution in [0.15, 0.2) is 115 Å². The summed E-state index contributed by atoms with van der Waals surface area (Å²) in [4.78, 5) is 95.6. The van der Waals surface area contributed by atoms with E-state index in [1.807, 2.05) is 0 Å². The molecule has 0 bridgehead atoms. The molecule has 4 aromatic rings. The summed E-state index contributed by atoms with van der Waals surface area (Å²) in [5.74, 6) is -2.39. The van der Waals surface area contributed by atoms with Crippen LogP contribution in [0, 0.1) is 5.92 Å². The van der Waals surface area contributed by atoms with Gasteiger partial charge in [-0.2, -0.15) is 10.2 Å². The van der Waals surface area contributed by atoms with Crippen molar-refractivity contribution < 1.29 is 70.4 Å². The Morgan fingerprint density at radius 2 is 1.05 bits per heavy atom. The molecule has 440 valence electrons. The quantitative estimate of drug-likeness (QED) is 0.0150. The van der Waals surface area contributed by atoms with Crippen LogP contribution in [0.3, 0.4) is 0 Å². The van der Waals surface area contributed by atoms with E-state index < -0.39 is 147 Å². The number of H-pyrrole nitrogens is 2. The molecule has 2 aliphatic rings. The van der Waals surface area contributed by atoms with Crippen molar-refractivity contribution in [3.63, 3.8) is 0 Å². The predicted molar refractivity (Wildman–Crippen MR) is 285 cm³/mol. The van der Waals surface area contributed by atoms with Gasteiger partial charge in [0.05, 0.1) is 37.4 Å². The molecule has 2 unspecified atom stereocenters. The molecule has 2 fully saturated rings. The normalized spacial score (nSPS) is 24.4. The second-order valence-electron chi connectivity index (χ2n) is 19.4. The third-order valence-corrected chi connectivity index (χ3v) is 15.1. The highest BCUT2D eigenvalue weighted by atomic mass is 31.2. The third kappa shape index (κ3) is 16.8. The lowest BCUT2D eigenvalue weighted by molar-refractivity contribution is -0.158. The number of rotatable bonds is 24. The van der Waals surface area contributed by atoms with Gasteiger partial charge in [0.1, 0.15) is 53.0 Å². The summed E-state index contributed by atoms with van der Waals surface area (Å²) in [6, 6.07) is 15.9. The first-order valence-electron chi connectivity index (χ1n) is 25.0. The summed E-state index contributed by atoms with van der Waals surface area (Å²) in [6.07, 6.45) is -6.82. The summed E-state index contributed by atoms with van der Waals surface area (Å²) in [5.41, 5.74) is 12.0. The van der Waals surface area contributed by atoms with Gasteiger partial charge in [0.25, 0.3) is 11.1 Å². The van der Waals surface area contributed by atoms with Crippen LogP contribution in [0.25, 0.3) is 20.9 Å². The Labute approximate surface area is 461 Å². The van der Waals surface area contributed by atoms with Crippen LogP contribution in [0.5, 0.6) is 11.5 Å². The number of esters is 3. The second kappa shape index (κ2) is 27.9. The SMILES string of the molecule is CC(C)OC(=O)[C@H](C)NP(=O)(OC[C@H]1O[C@@H](n2ccc(=O)[nH]c2=O)[C@](C)(N=[N+]=[N-])[C@@H]1O)Oc1ccccc1.CC(C)OC(=O)[C@H](C)NP(=O)(OC[C@H]1O[C@@H](n2ccc(=O)[nH]c2=O)[C@](C)(N=[N+]=[N-])[C@@H]1OC(=O)C(C)C)Oc1ccccc1. The van der Waals surface area contributed by atoms with Crippen molar-refractivity contribution in [2.75, 3.05) is 13.2 Å². The van der Waals surface area contributed by atoms with E-state index >= 15 is 0 Å². The van der Waals surface area contributed by atoms with Crippen LogP contribution in [-0.4, -0.2) is 115 Å². The van der Waals surface area contributed by atoms with Crippen LogP contribution < -0.4 is 41.7 Å². The van der Waals surface area contributed by atoms with E-state index in [0.717, 1.165) is 33.7 Å². The van der Waals surface area contributed by atoms with Gasteiger partial charge in [0, 0.05) is 34.3 Å². The molecule has 2 aromatic heterocycles. The van der Waals surface area contributed by atoms with Crippen LogP contribution in [0.1, 0.15) is 81.7 Å². The molecule has 33 heteroatoms. The van der Waals surface area contributed by atoms with Crippen LogP contribution in [0.4, 0.5) is 0 Å². The minimum absolute atomic E-state index is 0.148. The lowest BCUT2D eigenvalue weighted by Gasteiger charge is -2.31. The van der Waals surface area contributed by atoms with E-state index in [9.17, 15) is 53.3 Å². The Morgan fingerprint density at radius 1 is 0.654 bits per heavy atom. The van der Waals surface area contributed by atoms with Gasteiger partial charge in [-0.05, 0) is 90.7 Å². The topological polar surface area (TPSA) is 420 Å². The van der Waals surface area contributed by atoms with Gasteiger partial charge < -0.3 is 37.8 Å².